The number of benzene rings is 1. The summed E-state index contributed by atoms with van der Waals surface area (Å²) in [7, 11) is 4.51. The second-order valence-electron chi connectivity index (χ2n) is 3.72. The predicted molar refractivity (Wildman–Crippen MR) is 75.6 cm³/mol. The first-order chi connectivity index (χ1) is 8.41. The fraction of sp³-hybridized carbons (Fsp3) is 0.417. The molecule has 1 rings (SSSR count). The summed E-state index contributed by atoms with van der Waals surface area (Å²) >= 11 is 2.11. The molecule has 1 amide bonds. The molecule has 5 nitrogen and oxygen atoms in total. The van der Waals surface area contributed by atoms with Gasteiger partial charge in [0.2, 0.25) is 5.91 Å². The zero-order chi connectivity index (χ0) is 13.9. The van der Waals surface area contributed by atoms with Gasteiger partial charge in [0.1, 0.15) is 5.75 Å². The van der Waals surface area contributed by atoms with E-state index >= 15 is 0 Å². The number of carbonyl (C=O) groups excluding carboxylic acids is 1. The molecule has 0 aliphatic rings. The maximum absolute atomic E-state index is 11.5. The summed E-state index contributed by atoms with van der Waals surface area (Å²) in [5.41, 5.74) is 6.20. The van der Waals surface area contributed by atoms with Gasteiger partial charge in [-0.15, -0.1) is 0 Å². The van der Waals surface area contributed by atoms with E-state index in [4.69, 9.17) is 19.9 Å². The number of carbonyl (C=O) groups is 1. The fourth-order valence-corrected chi connectivity index (χ4v) is 2.37. The average Bonchev–Trinajstić information content (AvgIpc) is 2.37. The SMILES string of the molecule is COc1c(I)ccc(C(N)=O)c1C(C)(OC)OC. The van der Waals surface area contributed by atoms with Crippen LogP contribution in [-0.2, 0) is 15.3 Å². The molecule has 0 atom stereocenters. The molecule has 2 N–H and O–H groups in total. The Kier molecular flexibility index (Phi) is 4.94. The van der Waals surface area contributed by atoms with Crippen molar-refractivity contribution in [2.75, 3.05) is 21.3 Å². The summed E-state index contributed by atoms with van der Waals surface area (Å²) in [6, 6.07) is 3.40. The van der Waals surface area contributed by atoms with Gasteiger partial charge < -0.3 is 19.9 Å². The maximum Gasteiger partial charge on any atom is 0.249 e. The van der Waals surface area contributed by atoms with Crippen LogP contribution in [0, 0.1) is 3.57 Å². The van der Waals surface area contributed by atoms with Crippen LogP contribution in [0.3, 0.4) is 0 Å². The van der Waals surface area contributed by atoms with Gasteiger partial charge in [0.05, 0.1) is 21.8 Å². The minimum Gasteiger partial charge on any atom is -0.495 e. The van der Waals surface area contributed by atoms with E-state index in [0.29, 0.717) is 16.9 Å². The molecule has 0 bridgehead atoms. The van der Waals surface area contributed by atoms with E-state index in [-0.39, 0.29) is 0 Å². The number of hydrogen-bond donors (Lipinski definition) is 1. The number of primary amides is 1. The zero-order valence-corrected chi connectivity index (χ0v) is 12.9. The Morgan fingerprint density at radius 2 is 1.83 bits per heavy atom. The van der Waals surface area contributed by atoms with Crippen molar-refractivity contribution in [1.29, 1.82) is 0 Å². The van der Waals surface area contributed by atoms with E-state index in [2.05, 4.69) is 22.6 Å². The highest BCUT2D eigenvalue weighted by Gasteiger charge is 2.34. The van der Waals surface area contributed by atoms with Gasteiger partial charge in [-0.05, 0) is 41.6 Å². The molecular weight excluding hydrogens is 349 g/mol. The number of nitrogens with two attached hydrogens (primary N) is 1. The molecule has 0 saturated heterocycles. The van der Waals surface area contributed by atoms with E-state index < -0.39 is 11.7 Å². The molecule has 0 heterocycles. The van der Waals surface area contributed by atoms with Gasteiger partial charge in [0.25, 0.3) is 0 Å². The number of rotatable bonds is 5. The summed E-state index contributed by atoms with van der Waals surface area (Å²) in [6.07, 6.45) is 0. The molecular formula is C12H16INO4. The molecule has 0 spiro atoms. The molecule has 0 aliphatic heterocycles. The van der Waals surface area contributed by atoms with Gasteiger partial charge in [0.15, 0.2) is 5.79 Å². The molecule has 6 heteroatoms. The Balaban J connectivity index is 3.64. The van der Waals surface area contributed by atoms with Crippen molar-refractivity contribution in [3.05, 3.63) is 26.8 Å². The highest BCUT2D eigenvalue weighted by Crippen LogP contribution is 2.38. The lowest BCUT2D eigenvalue weighted by molar-refractivity contribution is -0.202. The molecule has 0 aromatic heterocycles. The number of hydrogen-bond acceptors (Lipinski definition) is 4. The van der Waals surface area contributed by atoms with Crippen LogP contribution < -0.4 is 10.5 Å². The molecule has 0 saturated carbocycles. The highest BCUT2D eigenvalue weighted by molar-refractivity contribution is 14.1. The summed E-state index contributed by atoms with van der Waals surface area (Å²) in [5.74, 6) is -1.13. The van der Waals surface area contributed by atoms with Crippen LogP contribution in [-0.4, -0.2) is 27.2 Å². The smallest absolute Gasteiger partial charge is 0.249 e. The topological polar surface area (TPSA) is 70.8 Å². The highest BCUT2D eigenvalue weighted by atomic mass is 127. The molecule has 1 aromatic rings. The standard InChI is InChI=1S/C12H16INO4/c1-12(17-3,18-4)9-7(11(14)15)5-6-8(13)10(9)16-2/h5-6H,1-4H3,(H2,14,15). The number of halogens is 1. The van der Waals surface area contributed by atoms with Crippen molar-refractivity contribution >= 4 is 28.5 Å². The lowest BCUT2D eigenvalue weighted by atomic mass is 9.98. The second kappa shape index (κ2) is 5.85. The van der Waals surface area contributed by atoms with Gasteiger partial charge in [0, 0.05) is 14.2 Å². The van der Waals surface area contributed by atoms with Crippen LogP contribution in [0.2, 0.25) is 0 Å². The normalized spacial score (nSPS) is 11.4. The molecule has 0 unspecified atom stereocenters. The largest absolute Gasteiger partial charge is 0.495 e. The van der Waals surface area contributed by atoms with Crippen LogP contribution >= 0.6 is 22.6 Å². The quantitative estimate of drug-likeness (QED) is 0.639. The molecule has 100 valence electrons. The molecule has 18 heavy (non-hydrogen) atoms. The van der Waals surface area contributed by atoms with Crippen LogP contribution in [0.5, 0.6) is 5.75 Å². The fourth-order valence-electron chi connectivity index (χ4n) is 1.70. The van der Waals surface area contributed by atoms with E-state index in [1.807, 2.05) is 0 Å². The Hall–Kier alpha value is -0.860. The third-order valence-electron chi connectivity index (χ3n) is 2.81. The first-order valence-corrected chi connectivity index (χ1v) is 6.26. The monoisotopic (exact) mass is 365 g/mol. The summed E-state index contributed by atoms with van der Waals surface area (Å²) in [6.45, 7) is 1.70. The van der Waals surface area contributed by atoms with Crippen LogP contribution in [0.15, 0.2) is 12.1 Å². The minimum atomic E-state index is -1.10. The Morgan fingerprint density at radius 1 is 1.28 bits per heavy atom. The first kappa shape index (κ1) is 15.2. The number of methoxy groups -OCH3 is 3. The van der Waals surface area contributed by atoms with E-state index in [9.17, 15) is 4.79 Å². The van der Waals surface area contributed by atoms with Gasteiger partial charge in [-0.2, -0.15) is 0 Å². The Morgan fingerprint density at radius 3 is 2.22 bits per heavy atom. The number of ether oxygens (including phenoxy) is 3. The van der Waals surface area contributed by atoms with Gasteiger partial charge in [-0.3, -0.25) is 4.79 Å². The van der Waals surface area contributed by atoms with Gasteiger partial charge >= 0.3 is 0 Å². The summed E-state index contributed by atoms with van der Waals surface area (Å²) in [5, 5.41) is 0. The lowest BCUT2D eigenvalue weighted by Gasteiger charge is -2.30. The van der Waals surface area contributed by atoms with E-state index in [1.54, 1.807) is 19.1 Å². The lowest BCUT2D eigenvalue weighted by Crippen LogP contribution is -2.31. The second-order valence-corrected chi connectivity index (χ2v) is 4.88. The predicted octanol–water partition coefficient (Wildman–Crippen LogP) is 1.86. The van der Waals surface area contributed by atoms with Crippen molar-refractivity contribution in [2.24, 2.45) is 5.73 Å². The van der Waals surface area contributed by atoms with Crippen molar-refractivity contribution in [1.82, 2.24) is 0 Å². The third kappa shape index (κ3) is 2.60. The molecule has 0 aliphatic carbocycles. The average molecular weight is 365 g/mol. The Bertz CT molecular complexity index is 458. The minimum absolute atomic E-state index is 0.318. The van der Waals surface area contributed by atoms with Crippen molar-refractivity contribution in [2.45, 2.75) is 12.7 Å². The zero-order valence-electron chi connectivity index (χ0n) is 10.7. The van der Waals surface area contributed by atoms with E-state index in [1.165, 1.54) is 21.3 Å². The van der Waals surface area contributed by atoms with Crippen LogP contribution in [0.4, 0.5) is 0 Å². The molecule has 0 fully saturated rings. The van der Waals surface area contributed by atoms with Crippen molar-refractivity contribution < 1.29 is 19.0 Å². The molecule has 0 radical (unpaired) electrons. The van der Waals surface area contributed by atoms with Gasteiger partial charge in [-0.25, -0.2) is 0 Å². The van der Waals surface area contributed by atoms with Crippen LogP contribution in [0.25, 0.3) is 0 Å². The first-order valence-electron chi connectivity index (χ1n) is 5.18. The van der Waals surface area contributed by atoms with Crippen molar-refractivity contribution in [3.63, 3.8) is 0 Å². The maximum atomic E-state index is 11.5. The molecule has 1 aromatic carbocycles. The third-order valence-corrected chi connectivity index (χ3v) is 3.66. The van der Waals surface area contributed by atoms with Crippen LogP contribution in [0.1, 0.15) is 22.8 Å². The summed E-state index contributed by atoms with van der Waals surface area (Å²) < 4.78 is 16.9. The van der Waals surface area contributed by atoms with E-state index in [0.717, 1.165) is 3.57 Å². The Labute approximate surface area is 120 Å². The van der Waals surface area contributed by atoms with Crippen molar-refractivity contribution in [3.8, 4) is 5.75 Å². The number of amides is 1. The summed E-state index contributed by atoms with van der Waals surface area (Å²) in [4.78, 5) is 11.5. The van der Waals surface area contributed by atoms with Gasteiger partial charge in [-0.1, -0.05) is 0 Å².